The Balaban J connectivity index is 0.856. The normalized spacial score (nSPS) is 27.8. The first kappa shape index (κ1) is 50.8. The van der Waals surface area contributed by atoms with Crippen LogP contribution in [0.4, 0.5) is 13.2 Å². The highest BCUT2D eigenvalue weighted by atomic mass is 32.1. The first-order valence-electron chi connectivity index (χ1n) is 27.5. The van der Waals surface area contributed by atoms with E-state index in [-0.39, 0.29) is 55.0 Å². The van der Waals surface area contributed by atoms with Crippen LogP contribution in [0.1, 0.15) is 114 Å². The van der Waals surface area contributed by atoms with Crippen LogP contribution in [0.3, 0.4) is 0 Å². The van der Waals surface area contributed by atoms with Crippen LogP contribution in [0.15, 0.2) is 41.9 Å². The number of nitrogens with zero attached hydrogens (tertiary/aromatic N) is 7. The molecule has 1 spiro atoms. The van der Waals surface area contributed by atoms with Gasteiger partial charge in [0.1, 0.15) is 30.3 Å². The molecule has 1 unspecified atom stereocenters. The third-order valence-electron chi connectivity index (χ3n) is 17.3. The zero-order chi connectivity index (χ0) is 52.1. The van der Waals surface area contributed by atoms with Crippen molar-refractivity contribution >= 4 is 45.9 Å². The molecule has 75 heavy (non-hydrogen) atoms. The number of hydrogen-bond acceptors (Lipinski definition) is 12. The number of alkyl halides is 3. The van der Waals surface area contributed by atoms with Crippen molar-refractivity contribution in [3.63, 3.8) is 0 Å². The summed E-state index contributed by atoms with van der Waals surface area (Å²) >= 11 is 1.36. The summed E-state index contributed by atoms with van der Waals surface area (Å²) in [5.41, 5.74) is 5.94. The zero-order valence-corrected chi connectivity index (χ0v) is 44.3. The Labute approximate surface area is 440 Å². The van der Waals surface area contributed by atoms with Crippen LogP contribution in [0, 0.1) is 17.3 Å². The van der Waals surface area contributed by atoms with E-state index in [1.54, 1.807) is 24.4 Å². The SMILES string of the molecule is CC(C)c1ncccc1-c1c2c3cc(ccc3n1CC(F)(F)F)-c1csc(n1)C[C@H](NC(=O)[C@H](C1CCCC1)N1CCOC3(CN(C(=O)[C@H]4[C@@H](C5CC5)N4C4CC4)C3)C1)C(=O)N1CCC[C@H](N1)C(=O)OCC(C)(C)C2. The number of cyclic esters (lactones) is 1. The molecule has 6 atom stereocenters. The summed E-state index contributed by atoms with van der Waals surface area (Å²) < 4.78 is 58.1. The van der Waals surface area contributed by atoms with Crippen LogP contribution in [-0.2, 0) is 48.0 Å². The molecule has 0 radical (unpaired) electrons. The molecule has 5 aliphatic heterocycles. The number of morpholine rings is 1. The van der Waals surface area contributed by atoms with Crippen molar-refractivity contribution in [3.05, 3.63) is 58.2 Å². The van der Waals surface area contributed by atoms with Crippen molar-refractivity contribution < 1.29 is 41.8 Å². The number of esters is 1. The quantitative estimate of drug-likeness (QED) is 0.122. The van der Waals surface area contributed by atoms with Crippen LogP contribution in [0.5, 0.6) is 0 Å². The van der Waals surface area contributed by atoms with Crippen LogP contribution in [-0.4, -0.2) is 152 Å². The lowest BCUT2D eigenvalue weighted by Crippen LogP contribution is -2.73. The highest BCUT2D eigenvalue weighted by Gasteiger charge is 2.65. The monoisotopic (exact) mass is 1050 g/mol. The van der Waals surface area contributed by atoms with Crippen LogP contribution in [0.2, 0.25) is 0 Å². The third kappa shape index (κ3) is 10.1. The Morgan fingerprint density at radius 3 is 2.51 bits per heavy atom. The molecule has 19 heteroatoms. The number of halogens is 3. The number of nitrogens with one attached hydrogen (secondary N) is 2. The van der Waals surface area contributed by atoms with E-state index in [9.17, 15) is 27.6 Å². The molecule has 2 N–H and O–H groups in total. The van der Waals surface area contributed by atoms with Gasteiger partial charge in [0, 0.05) is 77.2 Å². The minimum Gasteiger partial charge on any atom is -0.464 e. The van der Waals surface area contributed by atoms with Crippen molar-refractivity contribution in [1.82, 2.24) is 45.0 Å². The number of fused-ring (bicyclic) bond motifs is 6. The molecule has 3 aromatic heterocycles. The fourth-order valence-electron chi connectivity index (χ4n) is 13.4. The molecule has 4 aromatic rings. The standard InChI is InChI=1S/C56H70F3N9O6S/c1-32(2)45-37(11-7-19-60-45)48-39-25-54(3,4)31-73-53(72)40-12-8-20-67(63-40)51(70)41(24-44-61-42(26-75-44)35-15-18-43(38(39)23-35)66(48)30-56(57,58)59)62-50(69)47(33-9-5-6-10-33)64-21-22-74-55(27-64)28-65(29-55)52(71)49-46(34-13-14-34)68(49)36-16-17-36/h7,11,15,18-19,23,26,32-34,36,40-41,46-47,49,63H,5-6,8-10,12-14,16-17,20-22,24-25,27-31H2,1-4H3,(H,62,69)/t40-,41-,46+,47-,49+,68?/m0/s1. The highest BCUT2D eigenvalue weighted by molar-refractivity contribution is 7.10. The van der Waals surface area contributed by atoms with Gasteiger partial charge in [-0.25, -0.2) is 10.4 Å². The largest absolute Gasteiger partial charge is 0.464 e. The lowest BCUT2D eigenvalue weighted by atomic mass is 9.84. The maximum atomic E-state index is 15.2. The van der Waals surface area contributed by atoms with E-state index in [0.717, 1.165) is 25.7 Å². The predicted octanol–water partition coefficient (Wildman–Crippen LogP) is 7.26. The minimum absolute atomic E-state index is 0.00362. The van der Waals surface area contributed by atoms with Gasteiger partial charge in [-0.3, -0.25) is 39.0 Å². The number of likely N-dealkylation sites (tertiary alicyclic amines) is 1. The Hall–Kier alpha value is -4.95. The fourth-order valence-corrected chi connectivity index (χ4v) is 14.3. The third-order valence-corrected chi connectivity index (χ3v) is 18.1. The Morgan fingerprint density at radius 1 is 0.987 bits per heavy atom. The second-order valence-electron chi connectivity index (χ2n) is 24.1. The lowest BCUT2D eigenvalue weighted by Gasteiger charge is -2.55. The summed E-state index contributed by atoms with van der Waals surface area (Å²) in [7, 11) is 0. The molecule has 8 aliphatic rings. The van der Waals surface area contributed by atoms with Crippen molar-refractivity contribution in [2.75, 3.05) is 45.9 Å². The summed E-state index contributed by atoms with van der Waals surface area (Å²) in [4.78, 5) is 74.6. The maximum absolute atomic E-state index is 15.2. The summed E-state index contributed by atoms with van der Waals surface area (Å²) in [6.07, 6.45) is 6.94. The first-order valence-corrected chi connectivity index (χ1v) is 28.4. The van der Waals surface area contributed by atoms with E-state index >= 15 is 4.79 Å². The zero-order valence-electron chi connectivity index (χ0n) is 43.5. The Bertz CT molecular complexity index is 2850. The van der Waals surface area contributed by atoms with E-state index in [4.69, 9.17) is 14.5 Å². The van der Waals surface area contributed by atoms with Crippen molar-refractivity contribution in [2.45, 2.75) is 165 Å². The molecule has 3 amide bonds. The van der Waals surface area contributed by atoms with Crippen molar-refractivity contribution in [1.29, 1.82) is 0 Å². The maximum Gasteiger partial charge on any atom is 0.406 e. The number of hydrazine groups is 1. The molecule has 12 rings (SSSR count). The van der Waals surface area contributed by atoms with Gasteiger partial charge in [-0.15, -0.1) is 11.3 Å². The number of carbonyl (C=O) groups is 4. The number of benzene rings is 1. The highest BCUT2D eigenvalue weighted by Crippen LogP contribution is 2.53. The van der Waals surface area contributed by atoms with Gasteiger partial charge < -0.3 is 24.3 Å². The minimum atomic E-state index is -4.55. The molecule has 15 nitrogen and oxygen atoms in total. The number of carbonyl (C=O) groups excluding carboxylic acids is 4. The Kier molecular flexibility index (Phi) is 13.2. The van der Waals surface area contributed by atoms with E-state index in [2.05, 4.69) is 25.5 Å². The summed E-state index contributed by atoms with van der Waals surface area (Å²) in [6, 6.07) is 7.52. The van der Waals surface area contributed by atoms with Gasteiger partial charge in [0.25, 0.3) is 5.91 Å². The van der Waals surface area contributed by atoms with Crippen LogP contribution < -0.4 is 10.7 Å². The molecular formula is C56H70F3N9O6S. The fraction of sp³-hybridized carbons (Fsp3) is 0.643. The molecule has 7 fully saturated rings. The van der Waals surface area contributed by atoms with Gasteiger partial charge in [0.2, 0.25) is 11.8 Å². The first-order chi connectivity index (χ1) is 35.9. The molecule has 6 bridgehead atoms. The predicted molar refractivity (Wildman–Crippen MR) is 276 cm³/mol. The van der Waals surface area contributed by atoms with Gasteiger partial charge in [0.15, 0.2) is 0 Å². The molecule has 3 saturated carbocycles. The van der Waals surface area contributed by atoms with Gasteiger partial charge in [-0.05, 0) is 105 Å². The number of ether oxygens (including phenoxy) is 2. The Morgan fingerprint density at radius 2 is 1.77 bits per heavy atom. The van der Waals surface area contributed by atoms with E-state index < -0.39 is 47.8 Å². The molecular weight excluding hydrogens is 984 g/mol. The number of rotatable bonds is 10. The summed E-state index contributed by atoms with van der Waals surface area (Å²) in [5, 5.41) is 7.81. The molecule has 3 aliphatic carbocycles. The van der Waals surface area contributed by atoms with Gasteiger partial charge >= 0.3 is 12.1 Å². The van der Waals surface area contributed by atoms with Crippen molar-refractivity contribution in [3.8, 4) is 22.5 Å². The summed E-state index contributed by atoms with van der Waals surface area (Å²) in [5.74, 6) is -0.325. The van der Waals surface area contributed by atoms with E-state index in [1.165, 1.54) is 46.6 Å². The number of amides is 3. The van der Waals surface area contributed by atoms with Gasteiger partial charge in [0.05, 0.1) is 54.4 Å². The second-order valence-corrected chi connectivity index (χ2v) is 25.1. The van der Waals surface area contributed by atoms with Gasteiger partial charge in [-0.2, -0.15) is 13.2 Å². The number of pyridine rings is 1. The topological polar surface area (TPSA) is 154 Å². The number of thiazole rings is 1. The van der Waals surface area contributed by atoms with Crippen molar-refractivity contribution in [2.24, 2.45) is 17.3 Å². The number of aromatic nitrogens is 3. The van der Waals surface area contributed by atoms with E-state index in [0.29, 0.717) is 120 Å². The summed E-state index contributed by atoms with van der Waals surface area (Å²) in [6.45, 7) is 9.36. The average molecular weight is 1050 g/mol. The lowest BCUT2D eigenvalue weighted by molar-refractivity contribution is -0.198. The second kappa shape index (κ2) is 19.5. The van der Waals surface area contributed by atoms with Crippen LogP contribution >= 0.6 is 11.3 Å². The van der Waals surface area contributed by atoms with Gasteiger partial charge in [-0.1, -0.05) is 46.6 Å². The van der Waals surface area contributed by atoms with E-state index in [1.807, 2.05) is 50.1 Å². The molecule has 4 saturated heterocycles. The smallest absolute Gasteiger partial charge is 0.406 e. The molecule has 402 valence electrons. The molecule has 1 aromatic carbocycles. The van der Waals surface area contributed by atoms with Crippen LogP contribution in [0.25, 0.3) is 33.4 Å². The average Bonchev–Trinajstić information content (AvgIpc) is 4.38. The molecule has 8 heterocycles. The number of hydrogen-bond donors (Lipinski definition) is 2.